The molecule has 2 rings (SSSR count). The van der Waals surface area contributed by atoms with Gasteiger partial charge in [-0.2, -0.15) is 0 Å². The molecule has 0 saturated heterocycles. The Morgan fingerprint density at radius 2 is 2.14 bits per heavy atom. The van der Waals surface area contributed by atoms with E-state index < -0.39 is 6.04 Å². The molecule has 1 aliphatic heterocycles. The molecule has 1 aliphatic rings. The van der Waals surface area contributed by atoms with E-state index in [0.717, 1.165) is 11.3 Å². The van der Waals surface area contributed by atoms with Crippen LogP contribution in [0.3, 0.4) is 0 Å². The minimum atomic E-state index is -0.401. The van der Waals surface area contributed by atoms with Crippen molar-refractivity contribution in [2.24, 2.45) is 0 Å². The van der Waals surface area contributed by atoms with Gasteiger partial charge >= 0.3 is 5.97 Å². The number of hydrogen-bond donors (Lipinski definition) is 1. The zero-order valence-corrected chi connectivity index (χ0v) is 13.7. The van der Waals surface area contributed by atoms with Crippen molar-refractivity contribution in [2.45, 2.75) is 19.9 Å². The van der Waals surface area contributed by atoms with E-state index >= 15 is 0 Å². The lowest BCUT2D eigenvalue weighted by Gasteiger charge is -2.37. The molecule has 0 saturated carbocycles. The van der Waals surface area contributed by atoms with Crippen molar-refractivity contribution in [1.82, 2.24) is 10.2 Å². The van der Waals surface area contributed by atoms with Crippen LogP contribution in [0.25, 0.3) is 0 Å². The number of carbonyl (C=O) groups is 1. The summed E-state index contributed by atoms with van der Waals surface area (Å²) in [5, 5.41) is 4.34. The Morgan fingerprint density at radius 1 is 1.48 bits per heavy atom. The van der Waals surface area contributed by atoms with Gasteiger partial charge in [-0.1, -0.05) is 29.8 Å². The molecule has 4 nitrogen and oxygen atoms in total. The number of hydrogen-bond acceptors (Lipinski definition) is 3. The lowest BCUT2D eigenvalue weighted by atomic mass is 9.95. The van der Waals surface area contributed by atoms with E-state index in [-0.39, 0.29) is 5.97 Å². The largest absolute Gasteiger partial charge is 0.466 e. The Balaban J connectivity index is 2.59. The zero-order chi connectivity index (χ0) is 15.6. The number of nitrogens with zero attached hydrogens (tertiary/aromatic N) is 1. The van der Waals surface area contributed by atoms with Crippen LogP contribution in [0.5, 0.6) is 0 Å². The van der Waals surface area contributed by atoms with Crippen LogP contribution in [0.1, 0.15) is 25.5 Å². The molecule has 0 aromatic heterocycles. The second-order valence-electron chi connectivity index (χ2n) is 4.64. The third-order valence-electron chi connectivity index (χ3n) is 3.53. The van der Waals surface area contributed by atoms with Gasteiger partial charge in [0.15, 0.2) is 5.11 Å². The van der Waals surface area contributed by atoms with Gasteiger partial charge in [0.25, 0.3) is 0 Å². The molecule has 0 spiro atoms. The first-order valence-corrected chi connectivity index (χ1v) is 7.41. The van der Waals surface area contributed by atoms with E-state index in [4.69, 9.17) is 28.6 Å². The minimum absolute atomic E-state index is 0.383. The van der Waals surface area contributed by atoms with E-state index in [0.29, 0.717) is 22.3 Å². The number of thiocarbonyl (C=S) groups is 1. The second-order valence-corrected chi connectivity index (χ2v) is 5.43. The highest BCUT2D eigenvalue weighted by Gasteiger charge is 2.34. The predicted octanol–water partition coefficient (Wildman–Crippen LogP) is 3.04. The monoisotopic (exact) mass is 324 g/mol. The van der Waals surface area contributed by atoms with Crippen molar-refractivity contribution in [2.75, 3.05) is 13.7 Å². The third-order valence-corrected chi connectivity index (χ3v) is 4.22. The Labute approximate surface area is 134 Å². The molecule has 0 amide bonds. The summed E-state index contributed by atoms with van der Waals surface area (Å²) < 4.78 is 4.93. The summed E-state index contributed by atoms with van der Waals surface area (Å²) in [5.74, 6) is -0.383. The highest BCUT2D eigenvalue weighted by molar-refractivity contribution is 7.80. The lowest BCUT2D eigenvalue weighted by Crippen LogP contribution is -2.47. The maximum atomic E-state index is 12.2. The predicted molar refractivity (Wildman–Crippen MR) is 87.0 cm³/mol. The molecule has 0 bridgehead atoms. The average molecular weight is 325 g/mol. The van der Waals surface area contributed by atoms with Gasteiger partial charge in [0, 0.05) is 17.3 Å². The molecule has 0 radical (unpaired) electrons. The zero-order valence-electron chi connectivity index (χ0n) is 12.1. The van der Waals surface area contributed by atoms with Crippen LogP contribution in [-0.4, -0.2) is 29.6 Å². The fourth-order valence-corrected chi connectivity index (χ4v) is 3.11. The van der Waals surface area contributed by atoms with Crippen LogP contribution in [-0.2, 0) is 9.53 Å². The van der Waals surface area contributed by atoms with Gasteiger partial charge in [-0.3, -0.25) is 0 Å². The van der Waals surface area contributed by atoms with Gasteiger partial charge in [-0.05, 0) is 37.7 Å². The number of nitrogens with one attached hydrogen (secondary N) is 1. The molecule has 1 aromatic rings. The van der Waals surface area contributed by atoms with Crippen LogP contribution in [0.2, 0.25) is 5.02 Å². The quantitative estimate of drug-likeness (QED) is 0.683. The SMILES string of the molecule is CCN1C(=S)N[C@@H](c2ccccc2Cl)C(C(=O)OC)=C1C. The van der Waals surface area contributed by atoms with Crippen LogP contribution in [0, 0.1) is 0 Å². The fourth-order valence-electron chi connectivity index (χ4n) is 2.48. The Morgan fingerprint density at radius 3 is 2.71 bits per heavy atom. The van der Waals surface area contributed by atoms with Crippen molar-refractivity contribution in [3.63, 3.8) is 0 Å². The van der Waals surface area contributed by atoms with Gasteiger partial charge in [-0.15, -0.1) is 0 Å². The van der Waals surface area contributed by atoms with Crippen LogP contribution < -0.4 is 5.32 Å². The van der Waals surface area contributed by atoms with E-state index in [2.05, 4.69) is 5.32 Å². The number of allylic oxidation sites excluding steroid dienone is 1. The highest BCUT2D eigenvalue weighted by Crippen LogP contribution is 2.34. The van der Waals surface area contributed by atoms with Gasteiger partial charge < -0.3 is 15.0 Å². The number of benzene rings is 1. The molecule has 1 N–H and O–H groups in total. The summed E-state index contributed by atoms with van der Waals surface area (Å²) in [6, 6.07) is 6.99. The Kier molecular flexibility index (Phi) is 4.85. The van der Waals surface area contributed by atoms with E-state index in [1.807, 2.05) is 36.9 Å². The first-order valence-electron chi connectivity index (χ1n) is 6.62. The first-order chi connectivity index (χ1) is 10.0. The smallest absolute Gasteiger partial charge is 0.337 e. The molecule has 0 fully saturated rings. The molecule has 1 heterocycles. The molecule has 1 atom stereocenters. The first kappa shape index (κ1) is 15.8. The summed E-state index contributed by atoms with van der Waals surface area (Å²) in [6.07, 6.45) is 0. The van der Waals surface area contributed by atoms with Crippen molar-refractivity contribution in [3.8, 4) is 0 Å². The van der Waals surface area contributed by atoms with Crippen molar-refractivity contribution in [1.29, 1.82) is 0 Å². The molecule has 0 unspecified atom stereocenters. The topological polar surface area (TPSA) is 41.6 Å². The third kappa shape index (κ3) is 2.89. The molecule has 112 valence electrons. The molecule has 0 aliphatic carbocycles. The average Bonchev–Trinajstić information content (AvgIpc) is 2.47. The maximum absolute atomic E-state index is 12.2. The molecule has 1 aromatic carbocycles. The minimum Gasteiger partial charge on any atom is -0.466 e. The number of ether oxygens (including phenoxy) is 1. The fraction of sp³-hybridized carbons (Fsp3) is 0.333. The second kappa shape index (κ2) is 6.45. The summed E-state index contributed by atoms with van der Waals surface area (Å²) >= 11 is 11.6. The Bertz CT molecular complexity index is 615. The summed E-state index contributed by atoms with van der Waals surface area (Å²) in [7, 11) is 1.37. The van der Waals surface area contributed by atoms with Gasteiger partial charge in [0.2, 0.25) is 0 Å². The molecule has 21 heavy (non-hydrogen) atoms. The summed E-state index contributed by atoms with van der Waals surface area (Å²) in [4.78, 5) is 14.1. The van der Waals surface area contributed by atoms with Crippen LogP contribution in [0.15, 0.2) is 35.5 Å². The van der Waals surface area contributed by atoms with Crippen LogP contribution >= 0.6 is 23.8 Å². The maximum Gasteiger partial charge on any atom is 0.337 e. The van der Waals surface area contributed by atoms with Crippen molar-refractivity contribution in [3.05, 3.63) is 46.1 Å². The summed E-state index contributed by atoms with van der Waals surface area (Å²) in [6.45, 7) is 4.52. The van der Waals surface area contributed by atoms with Crippen molar-refractivity contribution < 1.29 is 9.53 Å². The van der Waals surface area contributed by atoms with E-state index in [9.17, 15) is 4.79 Å². The lowest BCUT2D eigenvalue weighted by molar-refractivity contribution is -0.136. The van der Waals surface area contributed by atoms with Crippen LogP contribution in [0.4, 0.5) is 0 Å². The van der Waals surface area contributed by atoms with E-state index in [1.165, 1.54) is 7.11 Å². The number of esters is 1. The number of carbonyl (C=O) groups excluding carboxylic acids is 1. The summed E-state index contributed by atoms with van der Waals surface area (Å²) in [5.41, 5.74) is 2.12. The normalized spacial score (nSPS) is 18.6. The van der Waals surface area contributed by atoms with E-state index in [1.54, 1.807) is 6.07 Å². The highest BCUT2D eigenvalue weighted by atomic mass is 35.5. The number of rotatable bonds is 3. The number of methoxy groups -OCH3 is 1. The Hall–Kier alpha value is -1.59. The standard InChI is InChI=1S/C15H17ClN2O2S/c1-4-18-9(2)12(14(19)20-3)13(17-15(18)21)10-7-5-6-8-11(10)16/h5-8,13H,4H2,1-3H3,(H,17,21)/t13-/m0/s1. The molecule has 6 heteroatoms. The van der Waals surface area contributed by atoms with Gasteiger partial charge in [0.1, 0.15) is 0 Å². The van der Waals surface area contributed by atoms with Gasteiger partial charge in [0.05, 0.1) is 18.7 Å². The molecular formula is C15H17ClN2O2S. The number of halogens is 1. The van der Waals surface area contributed by atoms with Crippen molar-refractivity contribution >= 4 is 34.9 Å². The van der Waals surface area contributed by atoms with Gasteiger partial charge in [-0.25, -0.2) is 4.79 Å². The molecular weight excluding hydrogens is 308 g/mol.